The molecule has 3 aromatic rings. The zero-order chi connectivity index (χ0) is 20.4. The maximum atomic E-state index is 12.8. The molecule has 0 bridgehead atoms. The van der Waals surface area contributed by atoms with E-state index in [0.717, 1.165) is 18.4 Å². The fourth-order valence-electron chi connectivity index (χ4n) is 2.68. The highest BCUT2D eigenvalue weighted by Gasteiger charge is 2.29. The molecule has 1 heterocycles. The van der Waals surface area contributed by atoms with Crippen molar-refractivity contribution in [1.82, 2.24) is 20.2 Å². The van der Waals surface area contributed by atoms with Gasteiger partial charge in [-0.25, -0.2) is 4.68 Å². The highest BCUT2D eigenvalue weighted by Crippen LogP contribution is 2.37. The Morgan fingerprint density at radius 2 is 2.03 bits per heavy atom. The number of hydrogen-bond acceptors (Lipinski definition) is 6. The summed E-state index contributed by atoms with van der Waals surface area (Å²) in [4.78, 5) is 12.8. The first-order chi connectivity index (χ1) is 14.0. The van der Waals surface area contributed by atoms with E-state index >= 15 is 0 Å². The minimum absolute atomic E-state index is 0.184. The molecule has 1 aromatic heterocycles. The van der Waals surface area contributed by atoms with E-state index in [1.54, 1.807) is 22.9 Å². The summed E-state index contributed by atoms with van der Waals surface area (Å²) in [6, 6.07) is 13.2. The summed E-state index contributed by atoms with van der Waals surface area (Å²) in [5.74, 6) is 1.02. The highest BCUT2D eigenvalue weighted by atomic mass is 35.5. The summed E-state index contributed by atoms with van der Waals surface area (Å²) in [5, 5.41) is 15.5. The summed E-state index contributed by atoms with van der Waals surface area (Å²) in [6.45, 7) is 3.83. The third-order valence-corrected chi connectivity index (χ3v) is 5.74. The predicted octanol–water partition coefficient (Wildman–Crippen LogP) is 4.88. The van der Waals surface area contributed by atoms with Gasteiger partial charge in [-0.05, 0) is 67.4 Å². The Morgan fingerprint density at radius 1 is 1.28 bits per heavy atom. The SMILES string of the molecule is Cc1ccc(Oc2ccc(Cl)cc2NC(=O)C(C)Sc2nnnn2C2CC2)cc1. The second-order valence-electron chi connectivity index (χ2n) is 6.94. The molecule has 9 heteroatoms. The first kappa shape index (κ1) is 19.7. The Labute approximate surface area is 177 Å². The number of nitrogens with zero attached hydrogens (tertiary/aromatic N) is 4. The summed E-state index contributed by atoms with van der Waals surface area (Å²) in [7, 11) is 0. The predicted molar refractivity (Wildman–Crippen MR) is 113 cm³/mol. The van der Waals surface area contributed by atoms with Gasteiger partial charge in [-0.3, -0.25) is 4.79 Å². The van der Waals surface area contributed by atoms with Crippen LogP contribution in [-0.4, -0.2) is 31.4 Å². The number of amides is 1. The molecule has 0 saturated heterocycles. The normalized spacial score (nSPS) is 14.4. The van der Waals surface area contributed by atoms with Crippen molar-refractivity contribution in [2.24, 2.45) is 0 Å². The van der Waals surface area contributed by atoms with Crippen molar-refractivity contribution in [3.05, 3.63) is 53.1 Å². The minimum Gasteiger partial charge on any atom is -0.455 e. The number of carbonyl (C=O) groups excluding carboxylic acids is 1. The van der Waals surface area contributed by atoms with Crippen molar-refractivity contribution in [2.75, 3.05) is 5.32 Å². The lowest BCUT2D eigenvalue weighted by Crippen LogP contribution is -2.23. The number of rotatable bonds is 7. The number of halogens is 1. The average molecular weight is 430 g/mol. The van der Waals surface area contributed by atoms with E-state index in [1.807, 2.05) is 38.1 Å². The molecular weight excluding hydrogens is 410 g/mol. The van der Waals surface area contributed by atoms with Gasteiger partial charge >= 0.3 is 0 Å². The molecule has 0 radical (unpaired) electrons. The number of hydrogen-bond donors (Lipinski definition) is 1. The minimum atomic E-state index is -0.398. The van der Waals surface area contributed by atoms with Crippen molar-refractivity contribution in [3.8, 4) is 11.5 Å². The van der Waals surface area contributed by atoms with Gasteiger partial charge in [0, 0.05) is 5.02 Å². The lowest BCUT2D eigenvalue weighted by Gasteiger charge is -2.15. The molecule has 2 aromatic carbocycles. The Bertz CT molecular complexity index is 1020. The third kappa shape index (κ3) is 4.89. The van der Waals surface area contributed by atoms with Crippen LogP contribution in [0.4, 0.5) is 5.69 Å². The number of ether oxygens (including phenoxy) is 1. The lowest BCUT2D eigenvalue weighted by molar-refractivity contribution is -0.115. The average Bonchev–Trinajstić information content (AvgIpc) is 3.44. The molecule has 4 rings (SSSR count). The quantitative estimate of drug-likeness (QED) is 0.539. The maximum Gasteiger partial charge on any atom is 0.237 e. The zero-order valence-corrected chi connectivity index (χ0v) is 17.6. The molecule has 1 aliphatic carbocycles. The molecule has 1 N–H and O–H groups in total. The summed E-state index contributed by atoms with van der Waals surface area (Å²) in [5.41, 5.74) is 1.65. The first-order valence-corrected chi connectivity index (χ1v) is 10.5. The van der Waals surface area contributed by atoms with Gasteiger partial charge in [-0.1, -0.05) is 41.1 Å². The number of tetrazole rings is 1. The van der Waals surface area contributed by atoms with Gasteiger partial charge in [-0.15, -0.1) is 5.10 Å². The number of thioether (sulfide) groups is 1. The van der Waals surface area contributed by atoms with Gasteiger partial charge in [-0.2, -0.15) is 0 Å². The van der Waals surface area contributed by atoms with Gasteiger partial charge in [0.15, 0.2) is 5.75 Å². The number of aryl methyl sites for hydroxylation is 1. The van der Waals surface area contributed by atoms with Crippen molar-refractivity contribution in [3.63, 3.8) is 0 Å². The van der Waals surface area contributed by atoms with Crippen LogP contribution in [0.2, 0.25) is 5.02 Å². The largest absolute Gasteiger partial charge is 0.455 e. The summed E-state index contributed by atoms with van der Waals surface area (Å²) in [6.07, 6.45) is 2.14. The molecule has 150 valence electrons. The van der Waals surface area contributed by atoms with Crippen LogP contribution in [0.15, 0.2) is 47.6 Å². The van der Waals surface area contributed by atoms with Crippen LogP contribution in [0.3, 0.4) is 0 Å². The van der Waals surface area contributed by atoms with Gasteiger partial charge < -0.3 is 10.1 Å². The number of anilines is 1. The van der Waals surface area contributed by atoms with E-state index in [2.05, 4.69) is 20.8 Å². The summed E-state index contributed by atoms with van der Waals surface area (Å²) < 4.78 is 7.74. The van der Waals surface area contributed by atoms with E-state index < -0.39 is 5.25 Å². The molecular formula is C20H20ClN5O2S. The van der Waals surface area contributed by atoms with Gasteiger partial charge in [0.05, 0.1) is 17.0 Å². The monoisotopic (exact) mass is 429 g/mol. The molecule has 29 heavy (non-hydrogen) atoms. The van der Waals surface area contributed by atoms with Crippen molar-refractivity contribution in [1.29, 1.82) is 0 Å². The van der Waals surface area contributed by atoms with Crippen molar-refractivity contribution < 1.29 is 9.53 Å². The molecule has 0 aliphatic heterocycles. The second-order valence-corrected chi connectivity index (χ2v) is 8.69. The fourth-order valence-corrected chi connectivity index (χ4v) is 3.71. The Balaban J connectivity index is 1.47. The van der Waals surface area contributed by atoms with Gasteiger partial charge in [0.25, 0.3) is 0 Å². The van der Waals surface area contributed by atoms with Crippen LogP contribution in [0.5, 0.6) is 11.5 Å². The highest BCUT2D eigenvalue weighted by molar-refractivity contribution is 8.00. The van der Waals surface area contributed by atoms with E-state index in [0.29, 0.717) is 33.4 Å². The number of carbonyl (C=O) groups is 1. The molecule has 1 saturated carbocycles. The Hall–Kier alpha value is -2.58. The van der Waals surface area contributed by atoms with Crippen LogP contribution in [0.1, 0.15) is 31.4 Å². The van der Waals surface area contributed by atoms with E-state index in [4.69, 9.17) is 16.3 Å². The Kier molecular flexibility index (Phi) is 5.73. The number of benzene rings is 2. The topological polar surface area (TPSA) is 81.9 Å². The molecule has 1 fully saturated rings. The van der Waals surface area contributed by atoms with Crippen molar-refractivity contribution >= 4 is 35.0 Å². The third-order valence-electron chi connectivity index (χ3n) is 4.46. The standard InChI is InChI=1S/C20H20ClN5O2S/c1-12-3-8-16(9-4-12)28-18-10-5-14(21)11-17(18)22-19(27)13(2)29-20-23-24-25-26(20)15-6-7-15/h3-5,8-11,13,15H,6-7H2,1-2H3,(H,22,27). The number of aromatic nitrogens is 4. The maximum absolute atomic E-state index is 12.8. The lowest BCUT2D eigenvalue weighted by atomic mass is 10.2. The van der Waals surface area contributed by atoms with Crippen LogP contribution in [-0.2, 0) is 4.79 Å². The van der Waals surface area contributed by atoms with E-state index in [-0.39, 0.29) is 5.91 Å². The number of nitrogens with one attached hydrogen (secondary N) is 1. The smallest absolute Gasteiger partial charge is 0.237 e. The van der Waals surface area contributed by atoms with Crippen LogP contribution >= 0.6 is 23.4 Å². The second kappa shape index (κ2) is 8.42. The van der Waals surface area contributed by atoms with Gasteiger partial charge in [0.2, 0.25) is 11.1 Å². The first-order valence-electron chi connectivity index (χ1n) is 9.29. The summed E-state index contributed by atoms with van der Waals surface area (Å²) >= 11 is 7.47. The van der Waals surface area contributed by atoms with E-state index in [1.165, 1.54) is 11.8 Å². The van der Waals surface area contributed by atoms with Crippen LogP contribution < -0.4 is 10.1 Å². The molecule has 1 aliphatic rings. The van der Waals surface area contributed by atoms with Crippen LogP contribution in [0, 0.1) is 6.92 Å². The van der Waals surface area contributed by atoms with Gasteiger partial charge in [0.1, 0.15) is 5.75 Å². The molecule has 0 spiro atoms. The molecule has 1 atom stereocenters. The van der Waals surface area contributed by atoms with Crippen LogP contribution in [0.25, 0.3) is 0 Å². The molecule has 1 unspecified atom stereocenters. The van der Waals surface area contributed by atoms with E-state index in [9.17, 15) is 4.79 Å². The zero-order valence-electron chi connectivity index (χ0n) is 16.0. The van der Waals surface area contributed by atoms with Crippen molar-refractivity contribution in [2.45, 2.75) is 43.1 Å². The fraction of sp³-hybridized carbons (Fsp3) is 0.300. The molecule has 7 nitrogen and oxygen atoms in total. The molecule has 1 amide bonds. The Morgan fingerprint density at radius 3 is 2.76 bits per heavy atom.